The normalized spacial score (nSPS) is 19.3. The second-order valence-electron chi connectivity index (χ2n) is 3.93. The highest BCUT2D eigenvalue weighted by atomic mass is 16.2. The highest BCUT2D eigenvalue weighted by Gasteiger charge is 2.34. The Morgan fingerprint density at radius 1 is 1.00 bits per heavy atom. The van der Waals surface area contributed by atoms with E-state index >= 15 is 0 Å². The third-order valence-corrected chi connectivity index (χ3v) is 2.75. The van der Waals surface area contributed by atoms with Crippen LogP contribution in [-0.2, 0) is 24.0 Å². The highest BCUT2D eigenvalue weighted by Crippen LogP contribution is 2.14. The van der Waals surface area contributed by atoms with Crippen molar-refractivity contribution in [2.24, 2.45) is 0 Å². The molecule has 0 unspecified atom stereocenters. The highest BCUT2D eigenvalue weighted by molar-refractivity contribution is 6.16. The maximum absolute atomic E-state index is 11.7. The van der Waals surface area contributed by atoms with Crippen molar-refractivity contribution < 1.29 is 24.0 Å². The minimum atomic E-state index is -0.671. The van der Waals surface area contributed by atoms with Crippen LogP contribution in [0.15, 0.2) is 12.2 Å². The third-order valence-electron chi connectivity index (χ3n) is 2.75. The minimum absolute atomic E-state index is 0.0354. The fraction of sp³-hybridized carbons (Fsp3) is 0.364. The van der Waals surface area contributed by atoms with Gasteiger partial charge in [0.1, 0.15) is 0 Å². The van der Waals surface area contributed by atoms with Crippen molar-refractivity contribution in [1.29, 1.82) is 0 Å². The molecule has 94 valence electrons. The molecule has 0 saturated carbocycles. The van der Waals surface area contributed by atoms with Gasteiger partial charge in [0.15, 0.2) is 0 Å². The molecule has 0 bridgehead atoms. The van der Waals surface area contributed by atoms with Gasteiger partial charge < -0.3 is 0 Å². The largest absolute Gasteiger partial charge is 0.275 e. The van der Waals surface area contributed by atoms with Crippen molar-refractivity contribution in [3.05, 3.63) is 12.2 Å². The van der Waals surface area contributed by atoms with Crippen LogP contribution in [0.3, 0.4) is 0 Å². The predicted octanol–water partition coefficient (Wildman–Crippen LogP) is -1.02. The van der Waals surface area contributed by atoms with E-state index in [-0.39, 0.29) is 25.8 Å². The monoisotopic (exact) mass is 250 g/mol. The molecule has 2 aliphatic rings. The Hall–Kier alpha value is -2.31. The lowest BCUT2D eigenvalue weighted by atomic mass is 10.3. The molecule has 0 atom stereocenters. The number of imide groups is 4. The van der Waals surface area contributed by atoms with Gasteiger partial charge in [-0.1, -0.05) is 0 Å². The fourth-order valence-electron chi connectivity index (χ4n) is 1.83. The van der Waals surface area contributed by atoms with E-state index in [0.717, 1.165) is 17.1 Å². The molecule has 7 heteroatoms. The molecular formula is C11H10N2O5. The van der Waals surface area contributed by atoms with Gasteiger partial charge in [-0.25, -0.2) is 4.90 Å². The molecule has 18 heavy (non-hydrogen) atoms. The predicted molar refractivity (Wildman–Crippen MR) is 56.6 cm³/mol. The molecule has 0 spiro atoms. The minimum Gasteiger partial charge on any atom is -0.275 e. The summed E-state index contributed by atoms with van der Waals surface area (Å²) in [7, 11) is 0. The van der Waals surface area contributed by atoms with Gasteiger partial charge in [0.25, 0.3) is 11.8 Å². The van der Waals surface area contributed by atoms with Crippen molar-refractivity contribution in [3.63, 3.8) is 0 Å². The topological polar surface area (TPSA) is 91.8 Å². The quantitative estimate of drug-likeness (QED) is 0.598. The van der Waals surface area contributed by atoms with E-state index in [0.29, 0.717) is 4.90 Å². The summed E-state index contributed by atoms with van der Waals surface area (Å²) in [6.07, 6.45) is 2.07. The molecule has 0 aromatic rings. The van der Waals surface area contributed by atoms with Crippen LogP contribution in [0.25, 0.3) is 0 Å². The number of carbonyl (C=O) groups excluding carboxylic acids is 5. The summed E-state index contributed by atoms with van der Waals surface area (Å²) in [5.74, 6) is -2.71. The van der Waals surface area contributed by atoms with Crippen molar-refractivity contribution in [2.45, 2.75) is 19.3 Å². The number of hydrogen-bond acceptors (Lipinski definition) is 5. The summed E-state index contributed by atoms with van der Waals surface area (Å²) in [5.41, 5.74) is 0. The third kappa shape index (κ3) is 2.06. The molecule has 0 aromatic carbocycles. The number of likely N-dealkylation sites (tertiary alicyclic amines) is 1. The molecule has 0 aliphatic carbocycles. The van der Waals surface area contributed by atoms with Gasteiger partial charge >= 0.3 is 0 Å². The zero-order chi connectivity index (χ0) is 13.3. The molecular weight excluding hydrogens is 240 g/mol. The van der Waals surface area contributed by atoms with Crippen LogP contribution >= 0.6 is 0 Å². The lowest BCUT2D eigenvalue weighted by Crippen LogP contribution is -2.39. The SMILES string of the molecule is O=C1C=CC(=O)N1CCC(=O)N1C(=O)CCC1=O. The number of rotatable bonds is 3. The Labute approximate surface area is 102 Å². The standard InChI is InChI=1S/C11H10N2O5/c14-7-1-2-8(15)12(7)6-5-11(18)13-9(16)3-4-10(13)17/h1-2H,3-6H2. The summed E-state index contributed by atoms with van der Waals surface area (Å²) in [6.45, 7) is -0.124. The van der Waals surface area contributed by atoms with E-state index in [1.807, 2.05) is 0 Å². The zero-order valence-electron chi connectivity index (χ0n) is 9.42. The van der Waals surface area contributed by atoms with E-state index < -0.39 is 29.5 Å². The molecule has 0 radical (unpaired) electrons. The molecule has 1 saturated heterocycles. The number of amides is 5. The van der Waals surface area contributed by atoms with Crippen molar-refractivity contribution in [1.82, 2.24) is 9.80 Å². The Balaban J connectivity index is 1.93. The lowest BCUT2D eigenvalue weighted by Gasteiger charge is -2.15. The summed E-state index contributed by atoms with van der Waals surface area (Å²) < 4.78 is 0. The lowest BCUT2D eigenvalue weighted by molar-refractivity contribution is -0.149. The second-order valence-corrected chi connectivity index (χ2v) is 3.93. The maximum atomic E-state index is 11.7. The molecule has 2 aliphatic heterocycles. The number of hydrogen-bond donors (Lipinski definition) is 0. The van der Waals surface area contributed by atoms with Gasteiger partial charge in [0, 0.05) is 38.0 Å². The first-order valence-electron chi connectivity index (χ1n) is 5.43. The molecule has 0 N–H and O–H groups in total. The van der Waals surface area contributed by atoms with Gasteiger partial charge in [0.2, 0.25) is 17.7 Å². The van der Waals surface area contributed by atoms with Crippen molar-refractivity contribution in [2.75, 3.05) is 6.54 Å². The van der Waals surface area contributed by atoms with Gasteiger partial charge in [-0.3, -0.25) is 28.9 Å². The molecule has 7 nitrogen and oxygen atoms in total. The smallest absolute Gasteiger partial charge is 0.253 e. The fourth-order valence-corrected chi connectivity index (χ4v) is 1.83. The van der Waals surface area contributed by atoms with Crippen LogP contribution in [0.1, 0.15) is 19.3 Å². The Kier molecular flexibility index (Phi) is 3.05. The Morgan fingerprint density at radius 2 is 1.50 bits per heavy atom. The second kappa shape index (κ2) is 4.52. The summed E-state index contributed by atoms with van der Waals surface area (Å²) in [4.78, 5) is 58.1. The van der Waals surface area contributed by atoms with Crippen LogP contribution in [0.2, 0.25) is 0 Å². The van der Waals surface area contributed by atoms with Gasteiger partial charge in [-0.15, -0.1) is 0 Å². The van der Waals surface area contributed by atoms with Crippen molar-refractivity contribution in [3.8, 4) is 0 Å². The summed E-state index contributed by atoms with van der Waals surface area (Å²) in [5, 5.41) is 0. The van der Waals surface area contributed by atoms with Crippen molar-refractivity contribution >= 4 is 29.5 Å². The van der Waals surface area contributed by atoms with Gasteiger partial charge in [-0.2, -0.15) is 0 Å². The average Bonchev–Trinajstić information content (AvgIpc) is 2.81. The molecule has 0 aromatic heterocycles. The molecule has 2 heterocycles. The van der Waals surface area contributed by atoms with E-state index in [9.17, 15) is 24.0 Å². The van der Waals surface area contributed by atoms with Crippen LogP contribution in [0.4, 0.5) is 0 Å². The summed E-state index contributed by atoms with van der Waals surface area (Å²) in [6, 6.07) is 0. The molecule has 1 fully saturated rings. The van der Waals surface area contributed by atoms with Crippen LogP contribution < -0.4 is 0 Å². The van der Waals surface area contributed by atoms with E-state index in [2.05, 4.69) is 0 Å². The zero-order valence-corrected chi connectivity index (χ0v) is 9.42. The first-order valence-corrected chi connectivity index (χ1v) is 5.43. The van der Waals surface area contributed by atoms with Gasteiger partial charge in [0.05, 0.1) is 0 Å². The van der Waals surface area contributed by atoms with Crippen LogP contribution in [0.5, 0.6) is 0 Å². The van der Waals surface area contributed by atoms with Crippen LogP contribution in [0, 0.1) is 0 Å². The molecule has 5 amide bonds. The maximum Gasteiger partial charge on any atom is 0.253 e. The molecule has 2 rings (SSSR count). The number of carbonyl (C=O) groups is 5. The van der Waals surface area contributed by atoms with Crippen LogP contribution in [-0.4, -0.2) is 45.9 Å². The Morgan fingerprint density at radius 3 is 2.00 bits per heavy atom. The van der Waals surface area contributed by atoms with E-state index in [1.165, 1.54) is 0 Å². The average molecular weight is 250 g/mol. The first-order chi connectivity index (χ1) is 8.50. The Bertz CT molecular complexity index is 460. The van der Waals surface area contributed by atoms with Gasteiger partial charge in [-0.05, 0) is 0 Å². The van der Waals surface area contributed by atoms with E-state index in [4.69, 9.17) is 0 Å². The number of nitrogens with zero attached hydrogens (tertiary/aromatic N) is 2. The summed E-state index contributed by atoms with van der Waals surface area (Å²) >= 11 is 0. The first kappa shape index (κ1) is 12.2. The van der Waals surface area contributed by atoms with E-state index in [1.54, 1.807) is 0 Å².